The number of hydrogen-bond donors (Lipinski definition) is 0. The molecule has 2 aromatic rings. The highest BCUT2D eigenvalue weighted by atomic mass is 35.5. The van der Waals surface area contributed by atoms with Crippen LogP contribution in [0.5, 0.6) is 11.5 Å². The quantitative estimate of drug-likeness (QED) is 0.685. The number of amides is 1. The van der Waals surface area contributed by atoms with Crippen molar-refractivity contribution < 1.29 is 14.3 Å². The Morgan fingerprint density at radius 2 is 1.77 bits per heavy atom. The number of nitrogens with zero attached hydrogens (tertiary/aromatic N) is 3. The van der Waals surface area contributed by atoms with Crippen LogP contribution in [0.2, 0.25) is 5.02 Å². The van der Waals surface area contributed by atoms with Crippen LogP contribution in [0.25, 0.3) is 0 Å². The Morgan fingerprint density at radius 3 is 2.55 bits per heavy atom. The smallest absolute Gasteiger partial charge is 0.236 e. The molecule has 0 atom stereocenters. The molecule has 31 heavy (non-hydrogen) atoms. The molecular weight excluding hydrogens is 414 g/mol. The fraction of sp³-hybridized carbons (Fsp3) is 0.458. The summed E-state index contributed by atoms with van der Waals surface area (Å²) in [5, 5.41) is 0.559. The van der Waals surface area contributed by atoms with Crippen molar-refractivity contribution in [2.24, 2.45) is 0 Å². The summed E-state index contributed by atoms with van der Waals surface area (Å²) < 4.78 is 11.5. The van der Waals surface area contributed by atoms with E-state index in [4.69, 9.17) is 21.1 Å². The number of likely N-dealkylation sites (N-methyl/N-ethyl adjacent to an activating group) is 1. The summed E-state index contributed by atoms with van der Waals surface area (Å²) in [6, 6.07) is 14.4. The van der Waals surface area contributed by atoms with Crippen LogP contribution in [-0.4, -0.2) is 73.6 Å². The van der Waals surface area contributed by atoms with E-state index < -0.39 is 0 Å². The molecule has 0 aromatic heterocycles. The lowest BCUT2D eigenvalue weighted by molar-refractivity contribution is -0.134. The van der Waals surface area contributed by atoms with E-state index in [1.165, 1.54) is 5.56 Å². The Hall–Kier alpha value is -2.28. The van der Waals surface area contributed by atoms with Gasteiger partial charge in [0.2, 0.25) is 5.91 Å². The minimum atomic E-state index is 0.169. The fourth-order valence-electron chi connectivity index (χ4n) is 4.07. The summed E-state index contributed by atoms with van der Waals surface area (Å²) in [5.41, 5.74) is 2.33. The molecule has 1 amide bonds. The van der Waals surface area contributed by atoms with Crippen molar-refractivity contribution in [2.75, 3.05) is 53.0 Å². The van der Waals surface area contributed by atoms with Gasteiger partial charge in [-0.15, -0.1) is 0 Å². The van der Waals surface area contributed by atoms with Crippen molar-refractivity contribution in [2.45, 2.75) is 19.5 Å². The van der Waals surface area contributed by atoms with Gasteiger partial charge in [-0.1, -0.05) is 41.9 Å². The molecule has 0 bridgehead atoms. The first-order chi connectivity index (χ1) is 15.1. The molecule has 0 spiro atoms. The third-order valence-electron chi connectivity index (χ3n) is 5.69. The predicted octanol–water partition coefficient (Wildman–Crippen LogP) is 3.28. The van der Waals surface area contributed by atoms with E-state index in [-0.39, 0.29) is 5.91 Å². The summed E-state index contributed by atoms with van der Waals surface area (Å²) in [6.07, 6.45) is 0.841. The molecule has 1 fully saturated rings. The van der Waals surface area contributed by atoms with Crippen molar-refractivity contribution in [1.82, 2.24) is 14.7 Å². The number of carbonyl (C=O) groups is 1. The average Bonchev–Trinajstić information content (AvgIpc) is 3.01. The zero-order valence-corrected chi connectivity index (χ0v) is 18.8. The second kappa shape index (κ2) is 10.4. The average molecular weight is 444 g/mol. The molecule has 2 aliphatic rings. The first-order valence-electron chi connectivity index (χ1n) is 10.9. The Balaban J connectivity index is 1.26. The van der Waals surface area contributed by atoms with Gasteiger partial charge in [-0.25, -0.2) is 0 Å². The van der Waals surface area contributed by atoms with Crippen LogP contribution in [-0.2, 0) is 17.9 Å². The summed E-state index contributed by atoms with van der Waals surface area (Å²) in [6.45, 7) is 6.53. The third kappa shape index (κ3) is 5.91. The number of rotatable bonds is 6. The van der Waals surface area contributed by atoms with Crippen LogP contribution in [0.15, 0.2) is 42.5 Å². The largest absolute Gasteiger partial charge is 0.489 e. The first kappa shape index (κ1) is 21.9. The Bertz CT molecular complexity index is 885. The second-order valence-corrected chi connectivity index (χ2v) is 8.68. The zero-order valence-electron chi connectivity index (χ0n) is 18.1. The number of ether oxygens (including phenoxy) is 2. The molecule has 2 heterocycles. The molecule has 4 rings (SSSR count). The van der Waals surface area contributed by atoms with Crippen LogP contribution >= 0.6 is 11.6 Å². The van der Waals surface area contributed by atoms with Gasteiger partial charge in [-0.05, 0) is 30.3 Å². The normalized spacial score (nSPS) is 16.9. The minimum absolute atomic E-state index is 0.169. The number of halogens is 1. The van der Waals surface area contributed by atoms with Crippen LogP contribution in [0, 0.1) is 0 Å². The molecule has 2 aliphatic heterocycles. The molecule has 1 saturated heterocycles. The maximum absolute atomic E-state index is 12.8. The van der Waals surface area contributed by atoms with E-state index in [0.717, 1.165) is 44.7 Å². The van der Waals surface area contributed by atoms with E-state index >= 15 is 0 Å². The molecule has 6 nitrogen and oxygen atoms in total. The lowest BCUT2D eigenvalue weighted by Gasteiger charge is -2.35. The second-order valence-electron chi connectivity index (χ2n) is 8.27. The van der Waals surface area contributed by atoms with Gasteiger partial charge in [0.1, 0.15) is 0 Å². The Morgan fingerprint density at radius 1 is 1.03 bits per heavy atom. The van der Waals surface area contributed by atoms with E-state index in [9.17, 15) is 4.79 Å². The molecule has 7 heteroatoms. The SMILES string of the molecule is CN(CC(=O)N1CCN(Cc2ccccc2)CC1)Cc1cc(Cl)c2c(c1)OCCCO2. The van der Waals surface area contributed by atoms with Crippen LogP contribution in [0.1, 0.15) is 17.5 Å². The number of benzene rings is 2. The maximum atomic E-state index is 12.8. The van der Waals surface area contributed by atoms with Crippen molar-refractivity contribution in [3.05, 3.63) is 58.6 Å². The van der Waals surface area contributed by atoms with Gasteiger partial charge < -0.3 is 14.4 Å². The zero-order chi connectivity index (χ0) is 21.6. The lowest BCUT2D eigenvalue weighted by atomic mass is 10.2. The van der Waals surface area contributed by atoms with Gasteiger partial charge in [0, 0.05) is 45.7 Å². The van der Waals surface area contributed by atoms with Crippen molar-refractivity contribution in [3.63, 3.8) is 0 Å². The van der Waals surface area contributed by atoms with Gasteiger partial charge in [-0.2, -0.15) is 0 Å². The van der Waals surface area contributed by atoms with Crippen LogP contribution in [0.3, 0.4) is 0 Å². The van der Waals surface area contributed by atoms with Gasteiger partial charge in [0.15, 0.2) is 11.5 Å². The maximum Gasteiger partial charge on any atom is 0.236 e. The van der Waals surface area contributed by atoms with Gasteiger partial charge in [0.25, 0.3) is 0 Å². The monoisotopic (exact) mass is 443 g/mol. The van der Waals surface area contributed by atoms with Gasteiger partial charge in [-0.3, -0.25) is 14.6 Å². The molecule has 0 saturated carbocycles. The summed E-state index contributed by atoms with van der Waals surface area (Å²) in [5.74, 6) is 1.48. The molecule has 0 radical (unpaired) electrons. The number of hydrogen-bond acceptors (Lipinski definition) is 5. The van der Waals surface area contributed by atoms with E-state index in [2.05, 4.69) is 29.2 Å². The predicted molar refractivity (Wildman–Crippen MR) is 122 cm³/mol. The summed E-state index contributed by atoms with van der Waals surface area (Å²) >= 11 is 6.40. The highest BCUT2D eigenvalue weighted by Crippen LogP contribution is 2.38. The summed E-state index contributed by atoms with van der Waals surface area (Å²) in [7, 11) is 1.96. The standard InChI is InChI=1S/C24H30ClN3O3/c1-26(16-20-14-21(25)24-22(15-20)30-12-5-13-31-24)18-23(29)28-10-8-27(9-11-28)17-19-6-3-2-4-7-19/h2-4,6-7,14-15H,5,8-13,16-18H2,1H3. The lowest BCUT2D eigenvalue weighted by Crippen LogP contribution is -2.50. The Kier molecular flexibility index (Phi) is 7.33. The third-order valence-corrected chi connectivity index (χ3v) is 5.97. The van der Waals surface area contributed by atoms with Crippen molar-refractivity contribution >= 4 is 17.5 Å². The topological polar surface area (TPSA) is 45.3 Å². The summed E-state index contributed by atoms with van der Waals surface area (Å²) in [4.78, 5) is 19.2. The van der Waals surface area contributed by atoms with Crippen LogP contribution in [0.4, 0.5) is 0 Å². The molecule has 0 N–H and O–H groups in total. The first-order valence-corrected chi connectivity index (χ1v) is 11.3. The van der Waals surface area contributed by atoms with Gasteiger partial charge in [0.05, 0.1) is 24.8 Å². The molecule has 0 unspecified atom stereocenters. The highest BCUT2D eigenvalue weighted by Gasteiger charge is 2.22. The Labute approximate surface area is 189 Å². The fourth-order valence-corrected chi connectivity index (χ4v) is 4.36. The van der Waals surface area contributed by atoms with E-state index in [0.29, 0.717) is 42.8 Å². The number of piperazine rings is 1. The number of carbonyl (C=O) groups excluding carboxylic acids is 1. The van der Waals surface area contributed by atoms with Crippen LogP contribution < -0.4 is 9.47 Å². The van der Waals surface area contributed by atoms with E-state index in [1.807, 2.05) is 35.0 Å². The van der Waals surface area contributed by atoms with Gasteiger partial charge >= 0.3 is 0 Å². The molecule has 0 aliphatic carbocycles. The van der Waals surface area contributed by atoms with E-state index in [1.54, 1.807) is 0 Å². The highest BCUT2D eigenvalue weighted by molar-refractivity contribution is 6.32. The molecular formula is C24H30ClN3O3. The minimum Gasteiger partial charge on any atom is -0.489 e. The van der Waals surface area contributed by atoms with Crippen molar-refractivity contribution in [1.29, 1.82) is 0 Å². The van der Waals surface area contributed by atoms with Crippen molar-refractivity contribution in [3.8, 4) is 11.5 Å². The molecule has 2 aromatic carbocycles. The molecule has 166 valence electrons. The number of fused-ring (bicyclic) bond motifs is 1.